The highest BCUT2D eigenvalue weighted by atomic mass is 79.9. The average Bonchev–Trinajstić information content (AvgIpc) is 2.23. The van der Waals surface area contributed by atoms with Crippen LogP contribution in [0.1, 0.15) is 31.7 Å². The van der Waals surface area contributed by atoms with E-state index >= 15 is 0 Å². The first-order valence-corrected chi connectivity index (χ1v) is 9.38. The zero-order valence-electron chi connectivity index (χ0n) is 11.2. The van der Waals surface area contributed by atoms with Crippen molar-refractivity contribution in [2.24, 2.45) is 5.92 Å². The van der Waals surface area contributed by atoms with Gasteiger partial charge in [0.1, 0.15) is 0 Å². The predicted molar refractivity (Wildman–Crippen MR) is 84.8 cm³/mol. The summed E-state index contributed by atoms with van der Waals surface area (Å²) in [7, 11) is -3.41. The average molecular weight is 414 g/mol. The van der Waals surface area contributed by atoms with Gasteiger partial charge in [0.05, 0.1) is 12.9 Å². The number of halogens is 2. The normalized spacial score (nSPS) is 13.8. The van der Waals surface area contributed by atoms with Gasteiger partial charge < -0.3 is 0 Å². The van der Waals surface area contributed by atoms with Crippen LogP contribution in [0.2, 0.25) is 0 Å². The van der Waals surface area contributed by atoms with Crippen molar-refractivity contribution in [3.05, 3.63) is 32.7 Å². The quantitative estimate of drug-likeness (QED) is 0.652. The molecule has 0 aliphatic rings. The third-order valence-electron chi connectivity index (χ3n) is 2.64. The van der Waals surface area contributed by atoms with Gasteiger partial charge in [0.15, 0.2) is 0 Å². The van der Waals surface area contributed by atoms with Crippen LogP contribution in [0.25, 0.3) is 0 Å². The largest absolute Gasteiger partial charge is 0.270 e. The molecule has 0 aromatic heterocycles. The SMILES string of the molecule is CC(C)CC(COS(C)(=O)=O)c1ccc(Br)cc1Br. The minimum Gasteiger partial charge on any atom is -0.270 e. The van der Waals surface area contributed by atoms with Crippen molar-refractivity contribution in [2.45, 2.75) is 26.2 Å². The number of hydrogen-bond donors (Lipinski definition) is 0. The molecule has 0 saturated heterocycles. The second-order valence-electron chi connectivity index (χ2n) is 4.98. The lowest BCUT2D eigenvalue weighted by atomic mass is 9.91. The fourth-order valence-electron chi connectivity index (χ4n) is 1.89. The van der Waals surface area contributed by atoms with Gasteiger partial charge in [0.25, 0.3) is 10.1 Å². The Morgan fingerprint density at radius 2 is 1.89 bits per heavy atom. The Morgan fingerprint density at radius 3 is 2.37 bits per heavy atom. The van der Waals surface area contributed by atoms with Crippen molar-refractivity contribution in [3.63, 3.8) is 0 Å². The second-order valence-corrected chi connectivity index (χ2v) is 8.39. The summed E-state index contributed by atoms with van der Waals surface area (Å²) in [5.41, 5.74) is 1.07. The molecule has 1 unspecified atom stereocenters. The number of rotatable bonds is 6. The van der Waals surface area contributed by atoms with E-state index in [0.29, 0.717) is 5.92 Å². The summed E-state index contributed by atoms with van der Waals surface area (Å²) in [6, 6.07) is 5.91. The molecule has 0 heterocycles. The third-order valence-corrected chi connectivity index (χ3v) is 4.39. The van der Waals surface area contributed by atoms with Gasteiger partial charge in [-0.1, -0.05) is 51.8 Å². The van der Waals surface area contributed by atoms with Crippen molar-refractivity contribution in [2.75, 3.05) is 12.9 Å². The van der Waals surface area contributed by atoms with Crippen LogP contribution in [0.4, 0.5) is 0 Å². The maximum Gasteiger partial charge on any atom is 0.264 e. The Labute approximate surface area is 132 Å². The minimum absolute atomic E-state index is 0.0530. The van der Waals surface area contributed by atoms with Gasteiger partial charge in [-0.15, -0.1) is 0 Å². The van der Waals surface area contributed by atoms with Gasteiger partial charge in [0, 0.05) is 14.9 Å². The van der Waals surface area contributed by atoms with Gasteiger partial charge >= 0.3 is 0 Å². The van der Waals surface area contributed by atoms with E-state index in [1.807, 2.05) is 18.2 Å². The summed E-state index contributed by atoms with van der Waals surface area (Å²) < 4.78 is 29.2. The molecule has 0 spiro atoms. The summed E-state index contributed by atoms with van der Waals surface area (Å²) in [5, 5.41) is 0. The first-order valence-electron chi connectivity index (χ1n) is 5.98. The summed E-state index contributed by atoms with van der Waals surface area (Å²) in [5.74, 6) is 0.515. The predicted octanol–water partition coefficient (Wildman–Crippen LogP) is 4.32. The van der Waals surface area contributed by atoms with E-state index in [-0.39, 0.29) is 12.5 Å². The zero-order chi connectivity index (χ0) is 14.6. The molecule has 1 aromatic carbocycles. The van der Waals surface area contributed by atoms with Crippen molar-refractivity contribution >= 4 is 42.0 Å². The highest BCUT2D eigenvalue weighted by Gasteiger charge is 2.19. The molecule has 0 aliphatic heterocycles. The van der Waals surface area contributed by atoms with Crippen LogP contribution < -0.4 is 0 Å². The van der Waals surface area contributed by atoms with E-state index < -0.39 is 10.1 Å². The molecular formula is C13H18Br2O3S. The fourth-order valence-corrected chi connectivity index (χ4v) is 3.67. The van der Waals surface area contributed by atoms with E-state index in [9.17, 15) is 8.42 Å². The van der Waals surface area contributed by atoms with E-state index in [1.165, 1.54) is 0 Å². The highest BCUT2D eigenvalue weighted by Crippen LogP contribution is 2.32. The number of hydrogen-bond acceptors (Lipinski definition) is 3. The first-order chi connectivity index (χ1) is 8.69. The third kappa shape index (κ3) is 6.38. The Morgan fingerprint density at radius 1 is 1.26 bits per heavy atom. The highest BCUT2D eigenvalue weighted by molar-refractivity contribution is 9.11. The molecule has 0 aliphatic carbocycles. The van der Waals surface area contributed by atoms with Crippen LogP contribution >= 0.6 is 31.9 Å². The van der Waals surface area contributed by atoms with Crippen LogP contribution in [0.5, 0.6) is 0 Å². The van der Waals surface area contributed by atoms with Crippen LogP contribution in [0.15, 0.2) is 27.1 Å². The number of benzene rings is 1. The molecule has 6 heteroatoms. The van der Waals surface area contributed by atoms with Crippen molar-refractivity contribution < 1.29 is 12.6 Å². The summed E-state index contributed by atoms with van der Waals surface area (Å²) in [6.07, 6.45) is 1.95. The fraction of sp³-hybridized carbons (Fsp3) is 0.538. The lowest BCUT2D eigenvalue weighted by molar-refractivity contribution is 0.276. The Kier molecular flexibility index (Phi) is 6.50. The van der Waals surface area contributed by atoms with Gasteiger partial charge in [-0.2, -0.15) is 8.42 Å². The summed E-state index contributed by atoms with van der Waals surface area (Å²) >= 11 is 6.93. The van der Waals surface area contributed by atoms with E-state index in [2.05, 4.69) is 45.7 Å². The van der Waals surface area contributed by atoms with Crippen LogP contribution in [-0.2, 0) is 14.3 Å². The molecule has 0 bridgehead atoms. The smallest absolute Gasteiger partial charge is 0.264 e. The van der Waals surface area contributed by atoms with E-state index in [4.69, 9.17) is 4.18 Å². The van der Waals surface area contributed by atoms with Gasteiger partial charge in [0.2, 0.25) is 0 Å². The molecule has 1 rings (SSSR count). The summed E-state index contributed by atoms with van der Waals surface area (Å²) in [6.45, 7) is 4.40. The molecule has 0 amide bonds. The molecule has 1 atom stereocenters. The summed E-state index contributed by atoms with van der Waals surface area (Å²) in [4.78, 5) is 0. The van der Waals surface area contributed by atoms with Crippen LogP contribution in [0.3, 0.4) is 0 Å². The topological polar surface area (TPSA) is 43.4 Å². The van der Waals surface area contributed by atoms with E-state index in [0.717, 1.165) is 27.2 Å². The molecule has 108 valence electrons. The molecule has 0 radical (unpaired) electrons. The van der Waals surface area contributed by atoms with E-state index in [1.54, 1.807) is 0 Å². The molecular weight excluding hydrogens is 396 g/mol. The molecule has 0 saturated carbocycles. The van der Waals surface area contributed by atoms with Crippen molar-refractivity contribution in [1.82, 2.24) is 0 Å². The van der Waals surface area contributed by atoms with Crippen LogP contribution in [0, 0.1) is 5.92 Å². The molecule has 19 heavy (non-hydrogen) atoms. The molecule has 1 aromatic rings. The molecule has 3 nitrogen and oxygen atoms in total. The zero-order valence-corrected chi connectivity index (χ0v) is 15.2. The molecule has 0 N–H and O–H groups in total. The second kappa shape index (κ2) is 7.20. The van der Waals surface area contributed by atoms with Gasteiger partial charge in [-0.3, -0.25) is 4.18 Å². The maximum atomic E-state index is 11.2. The van der Waals surface area contributed by atoms with Crippen molar-refractivity contribution in [1.29, 1.82) is 0 Å². The Bertz CT molecular complexity index is 527. The molecule has 0 fully saturated rings. The minimum atomic E-state index is -3.41. The maximum absolute atomic E-state index is 11.2. The monoisotopic (exact) mass is 412 g/mol. The van der Waals surface area contributed by atoms with Gasteiger partial charge in [-0.05, 0) is 30.0 Å². The standard InChI is InChI=1S/C13H18Br2O3S/c1-9(2)6-10(8-18-19(3,16)17)12-5-4-11(14)7-13(12)15/h4-5,7,9-10H,6,8H2,1-3H3. The van der Waals surface area contributed by atoms with Crippen LogP contribution in [-0.4, -0.2) is 21.3 Å². The van der Waals surface area contributed by atoms with Crippen molar-refractivity contribution in [3.8, 4) is 0 Å². The Balaban J connectivity index is 2.95. The first kappa shape index (κ1) is 17.1. The lowest BCUT2D eigenvalue weighted by Gasteiger charge is -2.20. The lowest BCUT2D eigenvalue weighted by Crippen LogP contribution is -2.14. The Hall–Kier alpha value is 0.0900. The van der Waals surface area contributed by atoms with Gasteiger partial charge in [-0.25, -0.2) is 0 Å².